The van der Waals surface area contributed by atoms with E-state index in [0.29, 0.717) is 6.42 Å². The quantitative estimate of drug-likeness (QED) is 0.0594. The molecule has 50 heavy (non-hydrogen) atoms. The number of rotatable bonds is 33. The van der Waals surface area contributed by atoms with Crippen LogP contribution in [0.3, 0.4) is 0 Å². The maximum atomic E-state index is 10.5. The number of hydrogen-bond donors (Lipinski definition) is 1. The van der Waals surface area contributed by atoms with Crippen molar-refractivity contribution in [2.75, 3.05) is 6.61 Å². The van der Waals surface area contributed by atoms with Crippen molar-refractivity contribution in [2.45, 2.75) is 206 Å². The summed E-state index contributed by atoms with van der Waals surface area (Å²) in [6, 6.07) is 22.1. The number of unbranched alkanes of at least 4 members (excludes halogenated alkanes) is 26. The first kappa shape index (κ1) is 44.2. The average molecular weight is 707 g/mol. The highest BCUT2D eigenvalue weighted by Crippen LogP contribution is 2.37. The van der Waals surface area contributed by atoms with Gasteiger partial charge in [0.15, 0.2) is 0 Å². The smallest absolute Gasteiger partial charge is 0.303 e. The predicted molar refractivity (Wildman–Crippen MR) is 220 cm³/mol. The summed E-state index contributed by atoms with van der Waals surface area (Å²) >= 11 is 0. The molecule has 0 aliphatic rings. The summed E-state index contributed by atoms with van der Waals surface area (Å²) in [5.41, 5.74) is 0. The van der Waals surface area contributed by atoms with Crippen molar-refractivity contribution in [3.05, 3.63) is 60.7 Å². The van der Waals surface area contributed by atoms with Crippen molar-refractivity contribution in [3.8, 4) is 0 Å². The minimum atomic E-state index is -2.38. The van der Waals surface area contributed by atoms with Crippen LogP contribution in [0.25, 0.3) is 0 Å². The van der Waals surface area contributed by atoms with Crippen LogP contribution in [-0.2, 0) is 9.22 Å². The number of aliphatic carboxylic acids is 1. The summed E-state index contributed by atoms with van der Waals surface area (Å²) in [6.07, 6.45) is 36.9. The third-order valence-corrected chi connectivity index (χ3v) is 15.8. The molecule has 3 nitrogen and oxygen atoms in total. The van der Waals surface area contributed by atoms with Gasteiger partial charge < -0.3 is 9.53 Å². The Morgan fingerprint density at radius 1 is 0.460 bits per heavy atom. The van der Waals surface area contributed by atoms with Gasteiger partial charge in [-0.2, -0.15) is 0 Å². The maximum absolute atomic E-state index is 10.5. The normalized spacial score (nSPS) is 12.1. The Hall–Kier alpha value is -1.91. The molecule has 0 aliphatic heterocycles. The summed E-state index contributed by atoms with van der Waals surface area (Å²) in [7, 11) is -2.38. The zero-order chi connectivity index (χ0) is 36.0. The summed E-state index contributed by atoms with van der Waals surface area (Å²) in [5, 5.41) is 11.5. The largest absolute Gasteiger partial charge is 0.481 e. The molecular weight excluding hydrogens is 629 g/mol. The van der Waals surface area contributed by atoms with Gasteiger partial charge in [-0.1, -0.05) is 242 Å². The van der Waals surface area contributed by atoms with Gasteiger partial charge in [-0.3, -0.25) is 4.79 Å². The second-order valence-corrected chi connectivity index (χ2v) is 20.5. The summed E-state index contributed by atoms with van der Waals surface area (Å²) in [6.45, 7) is 7.97. The SMILES string of the molecule is CC(C)(C)[Si](OCCCCCCCCCCCCCCCCCCCCCCCCCCCCCC(=O)O)(c1ccccc1)c1ccccc1. The minimum Gasteiger partial charge on any atom is -0.481 e. The predicted octanol–water partition coefficient (Wildman–Crippen LogP) is 13.6. The molecule has 2 rings (SSSR count). The standard InChI is InChI=1S/C46H78O3Si/c1-46(2,3)50(43-37-31-29-32-38-43,44-39-33-30-34-40-44)49-42-36-28-26-24-22-20-18-16-14-12-10-8-6-4-5-7-9-11-13-15-17-19-21-23-25-27-35-41-45(47)48/h29-34,37-40H,4-28,35-36,41-42H2,1-3H3,(H,47,48). The third-order valence-electron chi connectivity index (χ3n) is 10.8. The fraction of sp³-hybridized carbons (Fsp3) is 0.717. The topological polar surface area (TPSA) is 46.5 Å². The van der Waals surface area contributed by atoms with Gasteiger partial charge in [-0.05, 0) is 28.3 Å². The van der Waals surface area contributed by atoms with E-state index < -0.39 is 14.3 Å². The van der Waals surface area contributed by atoms with Crippen molar-refractivity contribution in [3.63, 3.8) is 0 Å². The molecule has 0 radical (unpaired) electrons. The van der Waals surface area contributed by atoms with Gasteiger partial charge in [0.2, 0.25) is 0 Å². The number of hydrogen-bond acceptors (Lipinski definition) is 2. The van der Waals surface area contributed by atoms with Gasteiger partial charge in [-0.15, -0.1) is 0 Å². The zero-order valence-corrected chi connectivity index (χ0v) is 34.0. The molecule has 2 aromatic carbocycles. The molecule has 0 spiro atoms. The molecule has 1 N–H and O–H groups in total. The van der Waals surface area contributed by atoms with Crippen LogP contribution < -0.4 is 10.4 Å². The van der Waals surface area contributed by atoms with Gasteiger partial charge in [0.25, 0.3) is 8.32 Å². The van der Waals surface area contributed by atoms with Crippen molar-refractivity contribution < 1.29 is 14.3 Å². The monoisotopic (exact) mass is 707 g/mol. The highest BCUT2D eigenvalue weighted by Gasteiger charge is 2.49. The Labute approximate surface area is 310 Å². The molecule has 0 aliphatic carbocycles. The number of carboxylic acids is 1. The van der Waals surface area contributed by atoms with Crippen molar-refractivity contribution in [1.82, 2.24) is 0 Å². The molecule has 0 heterocycles. The third kappa shape index (κ3) is 19.6. The van der Waals surface area contributed by atoms with Crippen LogP contribution in [0.2, 0.25) is 5.04 Å². The second-order valence-electron chi connectivity index (χ2n) is 16.2. The first-order chi connectivity index (χ1) is 24.4. The van der Waals surface area contributed by atoms with E-state index in [9.17, 15) is 4.79 Å². The fourth-order valence-electron chi connectivity index (χ4n) is 7.78. The lowest BCUT2D eigenvalue weighted by Crippen LogP contribution is -2.66. The molecule has 0 saturated heterocycles. The van der Waals surface area contributed by atoms with E-state index in [1.165, 1.54) is 164 Å². The Bertz CT molecular complexity index is 1010. The molecule has 0 aromatic heterocycles. The van der Waals surface area contributed by atoms with E-state index >= 15 is 0 Å². The van der Waals surface area contributed by atoms with Crippen LogP contribution >= 0.6 is 0 Å². The van der Waals surface area contributed by atoms with Gasteiger partial charge in [-0.25, -0.2) is 0 Å². The molecule has 4 heteroatoms. The van der Waals surface area contributed by atoms with Gasteiger partial charge in [0.05, 0.1) is 0 Å². The number of benzene rings is 2. The van der Waals surface area contributed by atoms with Crippen LogP contribution in [0.1, 0.15) is 201 Å². The highest BCUT2D eigenvalue weighted by molar-refractivity contribution is 6.99. The van der Waals surface area contributed by atoms with E-state index in [1.54, 1.807) is 0 Å². The van der Waals surface area contributed by atoms with Crippen LogP contribution in [0.4, 0.5) is 0 Å². The molecule has 2 aromatic rings. The van der Waals surface area contributed by atoms with Crippen LogP contribution in [0.15, 0.2) is 60.7 Å². The Kier molecular flexibility index (Phi) is 25.4. The lowest BCUT2D eigenvalue weighted by Gasteiger charge is -2.43. The highest BCUT2D eigenvalue weighted by atomic mass is 28.4. The average Bonchev–Trinajstić information content (AvgIpc) is 3.11. The van der Waals surface area contributed by atoms with E-state index in [2.05, 4.69) is 81.4 Å². The Morgan fingerprint density at radius 2 is 0.720 bits per heavy atom. The Balaban J connectivity index is 1.35. The van der Waals surface area contributed by atoms with E-state index in [0.717, 1.165) is 25.9 Å². The molecule has 0 unspecified atom stereocenters. The number of carbonyl (C=O) groups is 1. The van der Waals surface area contributed by atoms with Gasteiger partial charge in [0.1, 0.15) is 0 Å². The van der Waals surface area contributed by atoms with Crippen molar-refractivity contribution in [2.24, 2.45) is 0 Å². The number of carboxylic acid groups (broad SMARTS) is 1. The van der Waals surface area contributed by atoms with E-state index in [-0.39, 0.29) is 5.04 Å². The van der Waals surface area contributed by atoms with Crippen LogP contribution in [0.5, 0.6) is 0 Å². The summed E-state index contributed by atoms with van der Waals surface area (Å²) in [4.78, 5) is 10.5. The first-order valence-corrected chi connectivity index (χ1v) is 23.3. The van der Waals surface area contributed by atoms with Crippen molar-refractivity contribution in [1.29, 1.82) is 0 Å². The Morgan fingerprint density at radius 3 is 0.980 bits per heavy atom. The molecule has 0 fully saturated rings. The minimum absolute atomic E-state index is 0.0619. The lowest BCUT2D eigenvalue weighted by molar-refractivity contribution is -0.137. The van der Waals surface area contributed by atoms with Crippen LogP contribution in [-0.4, -0.2) is 26.0 Å². The molecule has 0 bridgehead atoms. The molecule has 284 valence electrons. The van der Waals surface area contributed by atoms with E-state index in [1.807, 2.05) is 0 Å². The molecule has 0 atom stereocenters. The summed E-state index contributed by atoms with van der Waals surface area (Å²) < 4.78 is 7.06. The van der Waals surface area contributed by atoms with Crippen LogP contribution in [0, 0.1) is 0 Å². The maximum Gasteiger partial charge on any atom is 0.303 e. The van der Waals surface area contributed by atoms with E-state index in [4.69, 9.17) is 9.53 Å². The van der Waals surface area contributed by atoms with Gasteiger partial charge >= 0.3 is 5.97 Å². The second kappa shape index (κ2) is 28.6. The first-order valence-electron chi connectivity index (χ1n) is 21.3. The van der Waals surface area contributed by atoms with Gasteiger partial charge in [0, 0.05) is 13.0 Å². The van der Waals surface area contributed by atoms with Crippen molar-refractivity contribution >= 4 is 24.7 Å². The fourth-order valence-corrected chi connectivity index (χ4v) is 12.4. The molecule has 0 saturated carbocycles. The zero-order valence-electron chi connectivity index (χ0n) is 33.0. The molecular formula is C46H78O3Si. The molecule has 0 amide bonds. The lowest BCUT2D eigenvalue weighted by atomic mass is 10.0. The summed E-state index contributed by atoms with van der Waals surface area (Å²) in [5.74, 6) is -0.652.